The van der Waals surface area contributed by atoms with Gasteiger partial charge in [0.2, 0.25) is 0 Å². The minimum absolute atomic E-state index is 0.0526. The molecule has 1 aromatic carbocycles. The van der Waals surface area contributed by atoms with Crippen LogP contribution in [-0.4, -0.2) is 6.61 Å². The number of hydrogen-bond donors (Lipinski definition) is 1. The van der Waals surface area contributed by atoms with Crippen LogP contribution in [0.3, 0.4) is 0 Å². The van der Waals surface area contributed by atoms with E-state index in [9.17, 15) is 0 Å². The maximum absolute atomic E-state index is 5.83. The zero-order chi connectivity index (χ0) is 10.8. The molecular formula is C12H16BrNO. The number of benzene rings is 1. The monoisotopic (exact) mass is 269 g/mol. The van der Waals surface area contributed by atoms with Gasteiger partial charge in [0, 0.05) is 10.5 Å². The van der Waals surface area contributed by atoms with Crippen LogP contribution in [0.2, 0.25) is 0 Å². The van der Waals surface area contributed by atoms with Crippen molar-refractivity contribution in [1.82, 2.24) is 0 Å². The molecule has 0 radical (unpaired) electrons. The van der Waals surface area contributed by atoms with E-state index in [0.29, 0.717) is 0 Å². The van der Waals surface area contributed by atoms with Crippen LogP contribution in [0.5, 0.6) is 5.75 Å². The molecule has 0 spiro atoms. The van der Waals surface area contributed by atoms with Gasteiger partial charge < -0.3 is 10.5 Å². The van der Waals surface area contributed by atoms with Gasteiger partial charge in [-0.1, -0.05) is 22.0 Å². The van der Waals surface area contributed by atoms with Gasteiger partial charge in [-0.05, 0) is 43.4 Å². The molecule has 0 heterocycles. The molecule has 1 aliphatic carbocycles. The van der Waals surface area contributed by atoms with Crippen LogP contribution in [0, 0.1) is 5.92 Å². The fourth-order valence-electron chi connectivity index (χ4n) is 1.47. The van der Waals surface area contributed by atoms with E-state index in [1.165, 1.54) is 12.8 Å². The lowest BCUT2D eigenvalue weighted by molar-refractivity contribution is 0.299. The van der Waals surface area contributed by atoms with Crippen molar-refractivity contribution in [3.05, 3.63) is 28.2 Å². The minimum Gasteiger partial charge on any atom is -0.493 e. The fraction of sp³-hybridized carbons (Fsp3) is 0.500. The molecule has 2 rings (SSSR count). The Morgan fingerprint density at radius 3 is 2.80 bits per heavy atom. The quantitative estimate of drug-likeness (QED) is 0.911. The molecule has 1 aliphatic rings. The third-order valence-corrected chi connectivity index (χ3v) is 3.33. The summed E-state index contributed by atoms with van der Waals surface area (Å²) in [6.07, 6.45) is 2.64. The molecule has 0 bridgehead atoms. The molecule has 0 amide bonds. The van der Waals surface area contributed by atoms with Crippen molar-refractivity contribution in [3.8, 4) is 5.75 Å². The molecule has 0 aromatic heterocycles. The van der Waals surface area contributed by atoms with E-state index in [-0.39, 0.29) is 6.04 Å². The minimum atomic E-state index is 0.0526. The maximum atomic E-state index is 5.83. The molecule has 15 heavy (non-hydrogen) atoms. The third-order valence-electron chi connectivity index (χ3n) is 2.65. The molecule has 2 nitrogen and oxygen atoms in total. The van der Waals surface area contributed by atoms with E-state index in [2.05, 4.69) is 15.9 Å². The van der Waals surface area contributed by atoms with E-state index in [0.717, 1.165) is 28.3 Å². The summed E-state index contributed by atoms with van der Waals surface area (Å²) in [4.78, 5) is 0. The van der Waals surface area contributed by atoms with Gasteiger partial charge in [0.15, 0.2) is 0 Å². The topological polar surface area (TPSA) is 35.2 Å². The average Bonchev–Trinajstić information content (AvgIpc) is 2.97. The lowest BCUT2D eigenvalue weighted by Gasteiger charge is -2.11. The summed E-state index contributed by atoms with van der Waals surface area (Å²) in [6.45, 7) is 2.83. The van der Waals surface area contributed by atoms with E-state index >= 15 is 0 Å². The molecule has 1 saturated carbocycles. The first-order valence-electron chi connectivity index (χ1n) is 5.34. The summed E-state index contributed by atoms with van der Waals surface area (Å²) in [7, 11) is 0. The van der Waals surface area contributed by atoms with Crippen molar-refractivity contribution in [1.29, 1.82) is 0 Å². The molecule has 1 fully saturated rings. The van der Waals surface area contributed by atoms with Crippen molar-refractivity contribution in [2.45, 2.75) is 25.8 Å². The summed E-state index contributed by atoms with van der Waals surface area (Å²) in [6, 6.07) is 6.07. The predicted molar refractivity (Wildman–Crippen MR) is 65.0 cm³/mol. The lowest BCUT2D eigenvalue weighted by atomic mass is 10.1. The second kappa shape index (κ2) is 4.54. The van der Waals surface area contributed by atoms with Gasteiger partial charge in [0.05, 0.1) is 6.61 Å². The molecule has 0 aliphatic heterocycles. The second-order valence-electron chi connectivity index (χ2n) is 4.23. The largest absolute Gasteiger partial charge is 0.493 e. The highest BCUT2D eigenvalue weighted by Crippen LogP contribution is 2.31. The number of rotatable bonds is 4. The predicted octanol–water partition coefficient (Wildman–Crippen LogP) is 3.26. The van der Waals surface area contributed by atoms with Crippen molar-refractivity contribution in [3.63, 3.8) is 0 Å². The Labute approximate surface area is 98.9 Å². The zero-order valence-corrected chi connectivity index (χ0v) is 10.5. The van der Waals surface area contributed by atoms with Gasteiger partial charge in [-0.25, -0.2) is 0 Å². The van der Waals surface area contributed by atoms with Crippen LogP contribution in [0.25, 0.3) is 0 Å². The zero-order valence-electron chi connectivity index (χ0n) is 8.87. The third kappa shape index (κ3) is 2.95. The lowest BCUT2D eigenvalue weighted by Crippen LogP contribution is -2.06. The van der Waals surface area contributed by atoms with Crippen LogP contribution in [-0.2, 0) is 0 Å². The second-order valence-corrected chi connectivity index (χ2v) is 5.08. The maximum Gasteiger partial charge on any atom is 0.120 e. The van der Waals surface area contributed by atoms with Crippen LogP contribution >= 0.6 is 15.9 Å². The van der Waals surface area contributed by atoms with Crippen molar-refractivity contribution < 1.29 is 4.74 Å². The Kier molecular flexibility index (Phi) is 3.32. The first kappa shape index (κ1) is 11.0. The summed E-state index contributed by atoms with van der Waals surface area (Å²) < 4.78 is 6.71. The summed E-state index contributed by atoms with van der Waals surface area (Å²) in [5.41, 5.74) is 6.95. The number of ether oxygens (including phenoxy) is 1. The van der Waals surface area contributed by atoms with Gasteiger partial charge in [-0.2, -0.15) is 0 Å². The Balaban J connectivity index is 2.03. The molecule has 2 N–H and O–H groups in total. The van der Waals surface area contributed by atoms with Crippen molar-refractivity contribution in [2.24, 2.45) is 11.7 Å². The van der Waals surface area contributed by atoms with Crippen LogP contribution in [0.15, 0.2) is 22.7 Å². The Morgan fingerprint density at radius 1 is 1.53 bits per heavy atom. The van der Waals surface area contributed by atoms with Gasteiger partial charge in [0.25, 0.3) is 0 Å². The van der Waals surface area contributed by atoms with Crippen molar-refractivity contribution >= 4 is 15.9 Å². The normalized spacial score (nSPS) is 17.5. The first-order chi connectivity index (χ1) is 7.16. The summed E-state index contributed by atoms with van der Waals surface area (Å²) in [5, 5.41) is 0. The van der Waals surface area contributed by atoms with E-state index in [1.54, 1.807) is 0 Å². The van der Waals surface area contributed by atoms with E-state index in [4.69, 9.17) is 10.5 Å². The van der Waals surface area contributed by atoms with Gasteiger partial charge >= 0.3 is 0 Å². The average molecular weight is 270 g/mol. The molecular weight excluding hydrogens is 254 g/mol. The smallest absolute Gasteiger partial charge is 0.120 e. The molecule has 3 heteroatoms. The van der Waals surface area contributed by atoms with E-state index in [1.807, 2.05) is 25.1 Å². The van der Waals surface area contributed by atoms with E-state index < -0.39 is 0 Å². The fourth-order valence-corrected chi connectivity index (χ4v) is 2.18. The first-order valence-corrected chi connectivity index (χ1v) is 6.14. The van der Waals surface area contributed by atoms with Gasteiger partial charge in [-0.15, -0.1) is 0 Å². The highest BCUT2D eigenvalue weighted by atomic mass is 79.9. The number of nitrogens with two attached hydrogens (primary N) is 1. The summed E-state index contributed by atoms with van der Waals surface area (Å²) >= 11 is 3.51. The van der Waals surface area contributed by atoms with Crippen LogP contribution in [0.4, 0.5) is 0 Å². The summed E-state index contributed by atoms with van der Waals surface area (Å²) in [5.74, 6) is 1.72. The Morgan fingerprint density at radius 2 is 2.27 bits per heavy atom. The highest BCUT2D eigenvalue weighted by Gasteiger charge is 2.21. The molecule has 82 valence electrons. The Bertz CT molecular complexity index is 347. The number of hydrogen-bond acceptors (Lipinski definition) is 2. The standard InChI is InChI=1S/C12H16BrNO/c1-8(14)11-5-4-10(6-12(11)13)15-7-9-2-3-9/h4-6,8-9H,2-3,7,14H2,1H3. The van der Waals surface area contributed by atoms with Crippen LogP contribution in [0.1, 0.15) is 31.4 Å². The van der Waals surface area contributed by atoms with Crippen LogP contribution < -0.4 is 10.5 Å². The Hall–Kier alpha value is -0.540. The SMILES string of the molecule is CC(N)c1ccc(OCC2CC2)cc1Br. The molecule has 1 atom stereocenters. The van der Waals surface area contributed by atoms with Gasteiger partial charge in [-0.3, -0.25) is 0 Å². The molecule has 1 aromatic rings. The molecule has 1 unspecified atom stereocenters. The highest BCUT2D eigenvalue weighted by molar-refractivity contribution is 9.10. The number of halogens is 1. The molecule has 0 saturated heterocycles. The van der Waals surface area contributed by atoms with Gasteiger partial charge in [0.1, 0.15) is 5.75 Å². The van der Waals surface area contributed by atoms with Crippen molar-refractivity contribution in [2.75, 3.05) is 6.61 Å².